The van der Waals surface area contributed by atoms with Crippen molar-refractivity contribution >= 4 is 46.6 Å². The maximum Gasteiger partial charge on any atom is 0.343 e. The molecule has 0 aromatic heterocycles. The van der Waals surface area contributed by atoms with Gasteiger partial charge in [0.2, 0.25) is 0 Å². The molecule has 1 saturated heterocycles. The summed E-state index contributed by atoms with van der Waals surface area (Å²) in [6.07, 6.45) is 1.51. The van der Waals surface area contributed by atoms with Crippen molar-refractivity contribution in [1.82, 2.24) is 4.90 Å². The van der Waals surface area contributed by atoms with Gasteiger partial charge in [0.15, 0.2) is 11.5 Å². The highest BCUT2D eigenvalue weighted by atomic mass is 35.5. The summed E-state index contributed by atoms with van der Waals surface area (Å²) in [5.41, 5.74) is 1.00. The number of ether oxygens (including phenoxy) is 2. The topological polar surface area (TPSA) is 72.9 Å². The lowest BCUT2D eigenvalue weighted by atomic mass is 10.1. The van der Waals surface area contributed by atoms with E-state index in [1.165, 1.54) is 37.5 Å². The van der Waals surface area contributed by atoms with Crippen LogP contribution >= 0.6 is 23.4 Å². The van der Waals surface area contributed by atoms with Gasteiger partial charge in [-0.2, -0.15) is 0 Å². The van der Waals surface area contributed by atoms with Gasteiger partial charge in [-0.05, 0) is 59.8 Å². The van der Waals surface area contributed by atoms with E-state index in [4.69, 9.17) is 21.1 Å². The Morgan fingerprint density at radius 3 is 2.53 bits per heavy atom. The Balaban J connectivity index is 1.54. The zero-order valence-corrected chi connectivity index (χ0v) is 19.4. The molecule has 0 atom stereocenters. The van der Waals surface area contributed by atoms with Crippen molar-refractivity contribution in [3.63, 3.8) is 0 Å². The smallest absolute Gasteiger partial charge is 0.343 e. The van der Waals surface area contributed by atoms with Crippen molar-refractivity contribution in [3.8, 4) is 11.5 Å². The minimum absolute atomic E-state index is 0.0685. The zero-order chi connectivity index (χ0) is 24.2. The van der Waals surface area contributed by atoms with Crippen molar-refractivity contribution in [1.29, 1.82) is 0 Å². The van der Waals surface area contributed by atoms with Crippen molar-refractivity contribution < 1.29 is 28.2 Å². The molecule has 1 heterocycles. The summed E-state index contributed by atoms with van der Waals surface area (Å²) in [5.74, 6) is -1.22. The third kappa shape index (κ3) is 4.98. The number of benzene rings is 3. The molecular weight excluding hydrogens is 481 g/mol. The predicted molar refractivity (Wildman–Crippen MR) is 127 cm³/mol. The Kier molecular flexibility index (Phi) is 7.00. The van der Waals surface area contributed by atoms with Crippen molar-refractivity contribution in [2.24, 2.45) is 0 Å². The van der Waals surface area contributed by atoms with Gasteiger partial charge in [0.25, 0.3) is 11.1 Å². The van der Waals surface area contributed by atoms with E-state index in [9.17, 15) is 18.8 Å². The van der Waals surface area contributed by atoms with Crippen LogP contribution in [-0.4, -0.2) is 29.1 Å². The maximum atomic E-state index is 14.1. The molecule has 3 aromatic rings. The molecule has 4 rings (SSSR count). The molecule has 0 saturated carbocycles. The molecule has 2 amide bonds. The molecular formula is C25H17ClFNO5S. The van der Waals surface area contributed by atoms with E-state index in [0.29, 0.717) is 11.1 Å². The summed E-state index contributed by atoms with van der Waals surface area (Å²) < 4.78 is 24.9. The lowest BCUT2D eigenvalue weighted by molar-refractivity contribution is -0.123. The summed E-state index contributed by atoms with van der Waals surface area (Å²) in [7, 11) is 1.42. The van der Waals surface area contributed by atoms with Crippen LogP contribution in [0.3, 0.4) is 0 Å². The van der Waals surface area contributed by atoms with Gasteiger partial charge >= 0.3 is 5.97 Å². The molecule has 1 aliphatic heterocycles. The van der Waals surface area contributed by atoms with E-state index in [2.05, 4.69) is 0 Å². The predicted octanol–water partition coefficient (Wildman–Crippen LogP) is 5.94. The molecule has 1 fully saturated rings. The van der Waals surface area contributed by atoms with Crippen LogP contribution in [0, 0.1) is 5.82 Å². The third-order valence-electron chi connectivity index (χ3n) is 4.95. The van der Waals surface area contributed by atoms with Crippen LogP contribution in [0.25, 0.3) is 6.08 Å². The van der Waals surface area contributed by atoms with Crippen LogP contribution in [0.15, 0.2) is 71.6 Å². The van der Waals surface area contributed by atoms with Gasteiger partial charge in [-0.1, -0.05) is 41.9 Å². The second kappa shape index (κ2) is 10.1. The van der Waals surface area contributed by atoms with E-state index < -0.39 is 22.9 Å². The molecule has 0 bridgehead atoms. The number of methoxy groups -OCH3 is 1. The monoisotopic (exact) mass is 497 g/mol. The normalized spacial score (nSPS) is 14.6. The van der Waals surface area contributed by atoms with E-state index in [1.807, 2.05) is 0 Å². The molecule has 0 N–H and O–H groups in total. The molecule has 0 spiro atoms. The number of thioether (sulfide) groups is 1. The Morgan fingerprint density at radius 1 is 1.06 bits per heavy atom. The van der Waals surface area contributed by atoms with Gasteiger partial charge in [-0.15, -0.1) is 0 Å². The van der Waals surface area contributed by atoms with Crippen LogP contribution in [0.2, 0.25) is 5.02 Å². The Hall–Kier alpha value is -3.62. The summed E-state index contributed by atoms with van der Waals surface area (Å²) >= 11 is 6.77. The number of esters is 1. The molecule has 6 nitrogen and oxygen atoms in total. The van der Waals surface area contributed by atoms with Gasteiger partial charge in [0.1, 0.15) is 5.82 Å². The van der Waals surface area contributed by atoms with Gasteiger partial charge in [0, 0.05) is 10.6 Å². The van der Waals surface area contributed by atoms with Crippen LogP contribution in [0.1, 0.15) is 21.5 Å². The first-order chi connectivity index (χ1) is 16.4. The molecule has 0 unspecified atom stereocenters. The highest BCUT2D eigenvalue weighted by molar-refractivity contribution is 8.18. The highest BCUT2D eigenvalue weighted by Crippen LogP contribution is 2.36. The Morgan fingerprint density at radius 2 is 1.82 bits per heavy atom. The second-order valence-electron chi connectivity index (χ2n) is 7.13. The fraction of sp³-hybridized carbons (Fsp3) is 0.0800. The van der Waals surface area contributed by atoms with E-state index >= 15 is 0 Å². The molecule has 0 radical (unpaired) electrons. The van der Waals surface area contributed by atoms with Crippen molar-refractivity contribution in [2.75, 3.05) is 7.11 Å². The number of hydrogen-bond acceptors (Lipinski definition) is 6. The molecule has 9 heteroatoms. The SMILES string of the molecule is COc1cc(/C=C2\SC(=O)N(Cc3c(F)cccc3Cl)C2=O)ccc1OC(=O)c1ccccc1. The number of imide groups is 1. The van der Waals surface area contributed by atoms with Gasteiger partial charge in [-0.25, -0.2) is 9.18 Å². The summed E-state index contributed by atoms with van der Waals surface area (Å²) in [6.45, 7) is -0.273. The van der Waals surface area contributed by atoms with Gasteiger partial charge < -0.3 is 9.47 Å². The number of amides is 2. The van der Waals surface area contributed by atoms with Crippen molar-refractivity contribution in [3.05, 3.63) is 99.2 Å². The fourth-order valence-electron chi connectivity index (χ4n) is 3.22. The zero-order valence-electron chi connectivity index (χ0n) is 17.8. The lowest BCUT2D eigenvalue weighted by Gasteiger charge is -2.14. The average molecular weight is 498 g/mol. The number of hydrogen-bond donors (Lipinski definition) is 0. The minimum atomic E-state index is -0.596. The molecule has 172 valence electrons. The van der Waals surface area contributed by atoms with E-state index in [0.717, 1.165) is 16.7 Å². The first-order valence-corrected chi connectivity index (χ1v) is 11.2. The maximum absolute atomic E-state index is 14.1. The Labute approximate surface area is 203 Å². The minimum Gasteiger partial charge on any atom is -0.493 e. The number of carbonyl (C=O) groups is 3. The van der Waals surface area contributed by atoms with Crippen LogP contribution < -0.4 is 9.47 Å². The average Bonchev–Trinajstić information content (AvgIpc) is 3.09. The lowest BCUT2D eigenvalue weighted by Crippen LogP contribution is -2.28. The third-order valence-corrected chi connectivity index (χ3v) is 6.21. The summed E-state index contributed by atoms with van der Waals surface area (Å²) in [6, 6.07) is 17.4. The van der Waals surface area contributed by atoms with Crippen LogP contribution in [-0.2, 0) is 11.3 Å². The standard InChI is InChI=1S/C25H17ClFNO5S/c1-32-21-12-15(10-11-20(21)33-24(30)16-6-3-2-4-7-16)13-22-23(29)28(25(31)34-22)14-17-18(26)8-5-9-19(17)27/h2-13H,14H2,1H3/b22-13-. The second-order valence-corrected chi connectivity index (χ2v) is 8.53. The highest BCUT2D eigenvalue weighted by Gasteiger charge is 2.36. The number of nitrogens with zero attached hydrogens (tertiary/aromatic N) is 1. The van der Waals surface area contributed by atoms with Crippen molar-refractivity contribution in [2.45, 2.75) is 6.54 Å². The van der Waals surface area contributed by atoms with E-state index in [1.54, 1.807) is 42.5 Å². The van der Waals surface area contributed by atoms with E-state index in [-0.39, 0.29) is 33.5 Å². The van der Waals surface area contributed by atoms with Crippen LogP contribution in [0.4, 0.5) is 9.18 Å². The largest absolute Gasteiger partial charge is 0.493 e. The fourth-order valence-corrected chi connectivity index (χ4v) is 4.28. The quantitative estimate of drug-likeness (QED) is 0.238. The molecule has 1 aliphatic rings. The number of carbonyl (C=O) groups excluding carboxylic acids is 3. The molecule has 34 heavy (non-hydrogen) atoms. The molecule has 3 aromatic carbocycles. The number of halogens is 2. The van der Waals surface area contributed by atoms with Gasteiger partial charge in [-0.3, -0.25) is 14.5 Å². The first kappa shape index (κ1) is 23.5. The first-order valence-electron chi connectivity index (χ1n) is 10.0. The number of rotatable bonds is 6. The summed E-state index contributed by atoms with van der Waals surface area (Å²) in [5, 5.41) is -0.399. The Bertz CT molecular complexity index is 1290. The van der Waals surface area contributed by atoms with Gasteiger partial charge in [0.05, 0.1) is 24.1 Å². The summed E-state index contributed by atoms with van der Waals surface area (Å²) in [4.78, 5) is 38.7. The van der Waals surface area contributed by atoms with Crippen LogP contribution in [0.5, 0.6) is 11.5 Å². The molecule has 0 aliphatic carbocycles.